The topological polar surface area (TPSA) is 75.6 Å². The van der Waals surface area contributed by atoms with Gasteiger partial charge in [0.2, 0.25) is 0 Å². The van der Waals surface area contributed by atoms with Crippen molar-refractivity contribution < 1.29 is 33.5 Å². The zero-order valence-electron chi connectivity index (χ0n) is 20.7. The summed E-state index contributed by atoms with van der Waals surface area (Å²) in [6.07, 6.45) is 1.10. The number of hydrogen-bond donors (Lipinski definition) is 1. The Morgan fingerprint density at radius 2 is 1.15 bits per heavy atom. The molecule has 0 saturated carbocycles. The molecule has 2 rings (SSSR count). The molecule has 0 radical (unpaired) electrons. The van der Waals surface area contributed by atoms with E-state index in [-0.39, 0.29) is 32.2 Å². The number of aromatic hydroxyl groups is 1. The molecular weight excluding hydrogens is 424 g/mol. The molecule has 7 nitrogen and oxygen atoms in total. The van der Waals surface area contributed by atoms with E-state index in [2.05, 4.69) is 26.0 Å². The second-order valence-electron chi connectivity index (χ2n) is 7.90. The summed E-state index contributed by atoms with van der Waals surface area (Å²) in [7, 11) is 6.36. The molecule has 2 aromatic carbocycles. The summed E-state index contributed by atoms with van der Waals surface area (Å²) in [6, 6.07) is 8.18. The van der Waals surface area contributed by atoms with Gasteiger partial charge in [0.05, 0.1) is 26.4 Å². The van der Waals surface area contributed by atoms with Gasteiger partial charge in [-0.3, -0.25) is 0 Å². The Morgan fingerprint density at radius 1 is 0.697 bits per heavy atom. The number of phenolic OH excluding ortho intramolecular Hbond substituents is 1. The normalized spacial score (nSPS) is 12.1. The number of methoxy groups -OCH3 is 4. The van der Waals surface area contributed by atoms with Crippen molar-refractivity contribution in [1.82, 2.24) is 0 Å². The summed E-state index contributed by atoms with van der Waals surface area (Å²) in [5, 5.41) is 10.9. The quantitative estimate of drug-likeness (QED) is 0.375. The Kier molecular flexibility index (Phi) is 11.5. The molecule has 0 spiro atoms. The van der Waals surface area contributed by atoms with E-state index in [0.717, 1.165) is 23.3 Å². The van der Waals surface area contributed by atoms with Gasteiger partial charge in [0.25, 0.3) is 0 Å². The number of rotatable bonds is 15. The molecule has 0 saturated heterocycles. The van der Waals surface area contributed by atoms with Crippen molar-refractivity contribution in [3.05, 3.63) is 52.1 Å². The average Bonchev–Trinajstić information content (AvgIpc) is 2.83. The monoisotopic (exact) mass is 462 g/mol. The highest BCUT2D eigenvalue weighted by atomic mass is 16.5. The van der Waals surface area contributed by atoms with E-state index in [1.807, 2.05) is 12.1 Å². The first kappa shape index (κ1) is 26.9. The highest BCUT2D eigenvalue weighted by Crippen LogP contribution is 2.40. The average molecular weight is 463 g/mol. The largest absolute Gasteiger partial charge is 0.507 e. The lowest BCUT2D eigenvalue weighted by Crippen LogP contribution is -2.15. The summed E-state index contributed by atoms with van der Waals surface area (Å²) in [5.41, 5.74) is 3.98. The van der Waals surface area contributed by atoms with Gasteiger partial charge in [0, 0.05) is 50.7 Å². The molecule has 1 unspecified atom stereocenters. The van der Waals surface area contributed by atoms with Crippen LogP contribution in [0, 0.1) is 0 Å². The molecule has 1 atom stereocenters. The lowest BCUT2D eigenvalue weighted by atomic mass is 9.95. The molecule has 0 aliphatic heterocycles. The molecule has 0 amide bonds. The Bertz CT molecular complexity index is 812. The van der Waals surface area contributed by atoms with Crippen molar-refractivity contribution in [2.75, 3.05) is 41.7 Å². The van der Waals surface area contributed by atoms with Gasteiger partial charge in [0.15, 0.2) is 0 Å². The van der Waals surface area contributed by atoms with E-state index in [4.69, 9.17) is 28.4 Å². The van der Waals surface area contributed by atoms with Crippen LogP contribution in [0.2, 0.25) is 0 Å². The van der Waals surface area contributed by atoms with E-state index in [9.17, 15) is 5.11 Å². The summed E-state index contributed by atoms with van der Waals surface area (Å²) >= 11 is 0. The van der Waals surface area contributed by atoms with Crippen molar-refractivity contribution >= 4 is 0 Å². The van der Waals surface area contributed by atoms with Gasteiger partial charge >= 0.3 is 0 Å². The van der Waals surface area contributed by atoms with Gasteiger partial charge in [-0.1, -0.05) is 26.0 Å². The Labute approximate surface area is 197 Å². The van der Waals surface area contributed by atoms with Crippen LogP contribution in [0.25, 0.3) is 0 Å². The Hall–Kier alpha value is -2.32. The van der Waals surface area contributed by atoms with Crippen molar-refractivity contribution in [2.24, 2.45) is 0 Å². The first-order valence-electron chi connectivity index (χ1n) is 11.2. The van der Waals surface area contributed by atoms with Crippen molar-refractivity contribution in [1.29, 1.82) is 0 Å². The summed E-state index contributed by atoms with van der Waals surface area (Å²) < 4.78 is 33.6. The molecule has 0 heterocycles. The Balaban J connectivity index is 2.25. The highest BCUT2D eigenvalue weighted by molar-refractivity contribution is 5.58. The number of hydrogen-bond acceptors (Lipinski definition) is 7. The standard InChI is InChI=1S/C26H38O7/c1-7-18(2)19-8-10-20(11-9-19)32-12-13-33-26-23(16-30-5)21(14-28-3)25(27)22(15-29-4)24(26)17-31-6/h8-11,18,27H,7,12-17H2,1-6H3. The van der Waals surface area contributed by atoms with E-state index < -0.39 is 0 Å². The molecule has 0 fully saturated rings. The maximum atomic E-state index is 10.9. The molecule has 0 aliphatic carbocycles. The van der Waals surface area contributed by atoms with Gasteiger partial charge in [-0.25, -0.2) is 0 Å². The van der Waals surface area contributed by atoms with Crippen LogP contribution in [0.4, 0.5) is 0 Å². The first-order valence-corrected chi connectivity index (χ1v) is 11.2. The smallest absolute Gasteiger partial charge is 0.131 e. The Morgan fingerprint density at radius 3 is 1.61 bits per heavy atom. The SMILES string of the molecule is CCC(C)c1ccc(OCCOc2c(COC)c(COC)c(O)c(COC)c2COC)cc1. The fourth-order valence-electron chi connectivity index (χ4n) is 3.72. The number of ether oxygens (including phenoxy) is 6. The molecule has 7 heteroatoms. The van der Waals surface area contributed by atoms with Crippen molar-refractivity contribution in [3.8, 4) is 17.2 Å². The van der Waals surface area contributed by atoms with Crippen molar-refractivity contribution in [2.45, 2.75) is 52.6 Å². The third kappa shape index (κ3) is 7.08. The van der Waals surface area contributed by atoms with Gasteiger partial charge in [0.1, 0.15) is 30.5 Å². The predicted molar refractivity (Wildman–Crippen MR) is 127 cm³/mol. The molecule has 0 aliphatic rings. The minimum atomic E-state index is 0.114. The zero-order chi connectivity index (χ0) is 24.2. The maximum absolute atomic E-state index is 10.9. The minimum Gasteiger partial charge on any atom is -0.507 e. The van der Waals surface area contributed by atoms with Crippen LogP contribution in [0.5, 0.6) is 17.2 Å². The van der Waals surface area contributed by atoms with Crippen LogP contribution in [-0.4, -0.2) is 46.8 Å². The number of phenols is 1. The molecule has 184 valence electrons. The van der Waals surface area contributed by atoms with Crippen LogP contribution in [0.3, 0.4) is 0 Å². The second-order valence-corrected chi connectivity index (χ2v) is 7.90. The van der Waals surface area contributed by atoms with E-state index in [0.29, 0.717) is 36.0 Å². The zero-order valence-corrected chi connectivity index (χ0v) is 20.7. The number of benzene rings is 2. The second kappa shape index (κ2) is 14.1. The van der Waals surface area contributed by atoms with Crippen LogP contribution in [0.1, 0.15) is 54.0 Å². The molecule has 2 aromatic rings. The molecule has 1 N–H and O–H groups in total. The van der Waals surface area contributed by atoms with E-state index >= 15 is 0 Å². The minimum absolute atomic E-state index is 0.114. The van der Waals surface area contributed by atoms with Gasteiger partial charge in [-0.05, 0) is 30.0 Å². The molecular formula is C26H38O7. The van der Waals surface area contributed by atoms with Crippen LogP contribution in [-0.2, 0) is 45.4 Å². The van der Waals surface area contributed by atoms with Gasteiger partial charge in [-0.15, -0.1) is 0 Å². The summed E-state index contributed by atoms with van der Waals surface area (Å²) in [6.45, 7) is 6.00. The summed E-state index contributed by atoms with van der Waals surface area (Å²) in [4.78, 5) is 0. The highest BCUT2D eigenvalue weighted by Gasteiger charge is 2.25. The van der Waals surface area contributed by atoms with Crippen LogP contribution >= 0.6 is 0 Å². The van der Waals surface area contributed by atoms with E-state index in [1.165, 1.54) is 5.56 Å². The van der Waals surface area contributed by atoms with Crippen LogP contribution in [0.15, 0.2) is 24.3 Å². The van der Waals surface area contributed by atoms with Gasteiger partial charge in [-0.2, -0.15) is 0 Å². The fraction of sp³-hybridized carbons (Fsp3) is 0.538. The third-order valence-corrected chi connectivity index (χ3v) is 5.66. The molecule has 0 bridgehead atoms. The van der Waals surface area contributed by atoms with Gasteiger partial charge < -0.3 is 33.5 Å². The van der Waals surface area contributed by atoms with E-state index in [1.54, 1.807) is 28.4 Å². The van der Waals surface area contributed by atoms with Crippen LogP contribution < -0.4 is 9.47 Å². The predicted octanol–water partition coefficient (Wildman–Crippen LogP) is 4.95. The lowest BCUT2D eigenvalue weighted by molar-refractivity contribution is 0.146. The molecule has 0 aromatic heterocycles. The lowest BCUT2D eigenvalue weighted by Gasteiger charge is -2.23. The van der Waals surface area contributed by atoms with Crippen molar-refractivity contribution in [3.63, 3.8) is 0 Å². The third-order valence-electron chi connectivity index (χ3n) is 5.66. The fourth-order valence-corrected chi connectivity index (χ4v) is 3.72. The first-order chi connectivity index (χ1) is 16.0. The maximum Gasteiger partial charge on any atom is 0.131 e. The molecule has 33 heavy (non-hydrogen) atoms. The summed E-state index contributed by atoms with van der Waals surface area (Å²) in [5.74, 6) is 2.04.